The molecule has 0 spiro atoms. The summed E-state index contributed by atoms with van der Waals surface area (Å²) in [6, 6.07) is 3.10. The maximum Gasteiger partial charge on any atom is 0.356 e. The maximum absolute atomic E-state index is 10.9. The van der Waals surface area contributed by atoms with Crippen LogP contribution in [0.1, 0.15) is 24.3 Å². The third-order valence-corrected chi connectivity index (χ3v) is 2.98. The average Bonchev–Trinajstić information content (AvgIpc) is 2.28. The molecule has 1 aromatic heterocycles. The maximum atomic E-state index is 10.9. The molecular weight excluding hydrogens is 244 g/mol. The van der Waals surface area contributed by atoms with E-state index in [1.165, 1.54) is 6.07 Å². The molecule has 0 atom stereocenters. The number of hydrogen-bond acceptors (Lipinski definition) is 4. The van der Waals surface area contributed by atoms with Gasteiger partial charge in [0, 0.05) is 7.05 Å². The number of aromatic carboxylic acids is 1. The van der Waals surface area contributed by atoms with Crippen molar-refractivity contribution in [2.75, 3.05) is 18.6 Å². The predicted molar refractivity (Wildman–Crippen MR) is 65.8 cm³/mol. The Morgan fingerprint density at radius 1 is 1.53 bits per heavy atom. The van der Waals surface area contributed by atoms with Crippen LogP contribution in [-0.4, -0.2) is 40.4 Å². The highest BCUT2D eigenvalue weighted by atomic mass is 35.5. The van der Waals surface area contributed by atoms with E-state index in [4.69, 9.17) is 16.7 Å². The summed E-state index contributed by atoms with van der Waals surface area (Å²) in [5.41, 5.74) is -0.721. The summed E-state index contributed by atoms with van der Waals surface area (Å²) in [6.07, 6.45) is 0. The molecule has 6 heteroatoms. The second-order valence-corrected chi connectivity index (χ2v) is 4.74. The second-order valence-electron chi connectivity index (χ2n) is 4.33. The summed E-state index contributed by atoms with van der Waals surface area (Å²) in [5.74, 6) is -0.724. The Hall–Kier alpha value is -1.33. The van der Waals surface area contributed by atoms with Crippen LogP contribution in [-0.2, 0) is 0 Å². The fourth-order valence-electron chi connectivity index (χ4n) is 1.18. The molecule has 0 unspecified atom stereocenters. The van der Waals surface area contributed by atoms with E-state index in [0.717, 1.165) is 0 Å². The normalized spacial score (nSPS) is 11.4. The predicted octanol–water partition coefficient (Wildman–Crippen LogP) is 1.64. The monoisotopic (exact) mass is 258 g/mol. The zero-order valence-electron chi connectivity index (χ0n) is 9.94. The van der Waals surface area contributed by atoms with Gasteiger partial charge in [-0.25, -0.2) is 9.78 Å². The van der Waals surface area contributed by atoms with E-state index in [1.54, 1.807) is 18.0 Å². The molecule has 0 radical (unpaired) electrons. The van der Waals surface area contributed by atoms with Gasteiger partial charge < -0.3 is 15.1 Å². The van der Waals surface area contributed by atoms with E-state index in [-0.39, 0.29) is 17.3 Å². The summed E-state index contributed by atoms with van der Waals surface area (Å²) in [7, 11) is 1.73. The molecule has 1 heterocycles. The molecule has 0 aliphatic heterocycles. The minimum Gasteiger partial charge on any atom is -0.476 e. The Morgan fingerprint density at radius 3 is 2.59 bits per heavy atom. The van der Waals surface area contributed by atoms with Crippen LogP contribution in [0, 0.1) is 0 Å². The van der Waals surface area contributed by atoms with E-state index < -0.39 is 11.5 Å². The van der Waals surface area contributed by atoms with Crippen LogP contribution in [0.5, 0.6) is 0 Å². The van der Waals surface area contributed by atoms with Crippen molar-refractivity contribution in [1.82, 2.24) is 4.98 Å². The molecule has 0 saturated carbocycles. The van der Waals surface area contributed by atoms with Gasteiger partial charge in [-0.2, -0.15) is 0 Å². The third-order valence-electron chi connectivity index (χ3n) is 2.67. The molecule has 0 aliphatic rings. The lowest BCUT2D eigenvalue weighted by Gasteiger charge is -2.35. The summed E-state index contributed by atoms with van der Waals surface area (Å²) in [6.45, 7) is 3.57. The van der Waals surface area contributed by atoms with Crippen molar-refractivity contribution in [3.63, 3.8) is 0 Å². The van der Waals surface area contributed by atoms with Crippen LogP contribution < -0.4 is 4.90 Å². The third kappa shape index (κ3) is 2.87. The number of hydrogen-bond donors (Lipinski definition) is 2. The first kappa shape index (κ1) is 13.7. The molecule has 0 fully saturated rings. The van der Waals surface area contributed by atoms with Crippen molar-refractivity contribution in [1.29, 1.82) is 0 Å². The van der Waals surface area contributed by atoms with Crippen LogP contribution in [0.15, 0.2) is 12.1 Å². The molecule has 0 bridgehead atoms. The first-order valence-electron chi connectivity index (χ1n) is 5.04. The SMILES string of the molecule is CN(c1ccc(Cl)c(C(=O)O)n1)C(C)(C)CO. The molecule has 2 N–H and O–H groups in total. The van der Waals surface area contributed by atoms with Crippen molar-refractivity contribution < 1.29 is 15.0 Å². The molecule has 0 amide bonds. The minimum atomic E-state index is -1.17. The number of nitrogens with zero attached hydrogens (tertiary/aromatic N) is 2. The number of aliphatic hydroxyl groups excluding tert-OH is 1. The lowest BCUT2D eigenvalue weighted by Crippen LogP contribution is -2.44. The lowest BCUT2D eigenvalue weighted by atomic mass is 10.1. The number of anilines is 1. The highest BCUT2D eigenvalue weighted by Gasteiger charge is 2.24. The first-order valence-corrected chi connectivity index (χ1v) is 5.42. The van der Waals surface area contributed by atoms with Crippen LogP contribution in [0.4, 0.5) is 5.82 Å². The van der Waals surface area contributed by atoms with Gasteiger partial charge in [0.15, 0.2) is 5.69 Å². The summed E-state index contributed by atoms with van der Waals surface area (Å²) >= 11 is 5.73. The van der Waals surface area contributed by atoms with Crippen LogP contribution >= 0.6 is 11.6 Å². The number of carbonyl (C=O) groups is 1. The topological polar surface area (TPSA) is 73.7 Å². The number of rotatable bonds is 4. The Kier molecular flexibility index (Phi) is 3.95. The minimum absolute atomic E-state index is 0.0732. The standard InChI is InChI=1S/C11H15ClN2O3/c1-11(2,6-15)14(3)8-5-4-7(12)9(13-8)10(16)17/h4-5,15H,6H2,1-3H3,(H,16,17). The zero-order chi connectivity index (χ0) is 13.2. The molecule has 94 valence electrons. The molecule has 1 aromatic rings. The van der Waals surface area contributed by atoms with Crippen molar-refractivity contribution in [3.05, 3.63) is 22.8 Å². The van der Waals surface area contributed by atoms with E-state index in [0.29, 0.717) is 5.82 Å². The average molecular weight is 259 g/mol. The zero-order valence-corrected chi connectivity index (χ0v) is 10.7. The van der Waals surface area contributed by atoms with E-state index >= 15 is 0 Å². The smallest absolute Gasteiger partial charge is 0.356 e. The lowest BCUT2D eigenvalue weighted by molar-refractivity contribution is 0.0690. The largest absolute Gasteiger partial charge is 0.476 e. The van der Waals surface area contributed by atoms with Gasteiger partial charge in [-0.15, -0.1) is 0 Å². The number of aliphatic hydroxyl groups is 1. The van der Waals surface area contributed by atoms with Crippen molar-refractivity contribution >= 4 is 23.4 Å². The Balaban J connectivity index is 3.16. The van der Waals surface area contributed by atoms with Gasteiger partial charge >= 0.3 is 5.97 Å². The fourth-order valence-corrected chi connectivity index (χ4v) is 1.37. The Labute approximate surface area is 105 Å². The number of carboxylic acid groups (broad SMARTS) is 1. The summed E-state index contributed by atoms with van der Waals surface area (Å²) in [4.78, 5) is 16.6. The van der Waals surface area contributed by atoms with Gasteiger partial charge in [-0.1, -0.05) is 11.6 Å². The van der Waals surface area contributed by atoms with E-state index in [9.17, 15) is 9.90 Å². The molecule has 17 heavy (non-hydrogen) atoms. The number of aromatic nitrogens is 1. The van der Waals surface area contributed by atoms with Gasteiger partial charge in [-0.05, 0) is 26.0 Å². The molecule has 5 nitrogen and oxygen atoms in total. The van der Waals surface area contributed by atoms with Gasteiger partial charge in [-0.3, -0.25) is 0 Å². The number of halogens is 1. The van der Waals surface area contributed by atoms with Gasteiger partial charge in [0.25, 0.3) is 0 Å². The number of pyridine rings is 1. The highest BCUT2D eigenvalue weighted by molar-refractivity contribution is 6.33. The first-order chi connectivity index (χ1) is 7.79. The molecular formula is C11H15ClN2O3. The number of likely N-dealkylation sites (N-methyl/N-ethyl adjacent to an activating group) is 1. The van der Waals surface area contributed by atoms with Crippen LogP contribution in [0.2, 0.25) is 5.02 Å². The summed E-state index contributed by atoms with van der Waals surface area (Å²) in [5, 5.41) is 18.3. The summed E-state index contributed by atoms with van der Waals surface area (Å²) < 4.78 is 0. The number of carboxylic acids is 1. The fraction of sp³-hybridized carbons (Fsp3) is 0.455. The molecule has 0 aromatic carbocycles. The van der Waals surface area contributed by atoms with Crippen molar-refractivity contribution in [2.45, 2.75) is 19.4 Å². The van der Waals surface area contributed by atoms with E-state index in [1.807, 2.05) is 13.8 Å². The highest BCUT2D eigenvalue weighted by Crippen LogP contribution is 2.23. The molecule has 1 rings (SSSR count). The van der Waals surface area contributed by atoms with Gasteiger partial charge in [0.2, 0.25) is 0 Å². The van der Waals surface area contributed by atoms with Crippen LogP contribution in [0.3, 0.4) is 0 Å². The Bertz CT molecular complexity index is 435. The quantitative estimate of drug-likeness (QED) is 0.859. The van der Waals surface area contributed by atoms with Crippen molar-refractivity contribution in [2.24, 2.45) is 0 Å². The van der Waals surface area contributed by atoms with E-state index in [2.05, 4.69) is 4.98 Å². The molecule has 0 saturated heterocycles. The second kappa shape index (κ2) is 4.89. The van der Waals surface area contributed by atoms with Crippen molar-refractivity contribution in [3.8, 4) is 0 Å². The van der Waals surface area contributed by atoms with Crippen LogP contribution in [0.25, 0.3) is 0 Å². The Morgan fingerprint density at radius 2 is 2.12 bits per heavy atom. The molecule has 0 aliphatic carbocycles. The van der Waals surface area contributed by atoms with Gasteiger partial charge in [0.1, 0.15) is 5.82 Å². The van der Waals surface area contributed by atoms with Gasteiger partial charge in [0.05, 0.1) is 17.2 Å².